The van der Waals surface area contributed by atoms with Gasteiger partial charge in [0.2, 0.25) is 5.91 Å². The highest BCUT2D eigenvalue weighted by molar-refractivity contribution is 5.92. The SMILES string of the molecule is CN1CCN(C(=O)c2cn(CCNC(=O)CCC3CCCC3)nn2)CC1. The van der Waals surface area contributed by atoms with Crippen LogP contribution in [0.2, 0.25) is 0 Å². The van der Waals surface area contributed by atoms with Crippen molar-refractivity contribution in [3.05, 3.63) is 11.9 Å². The van der Waals surface area contributed by atoms with Gasteiger partial charge in [-0.3, -0.25) is 9.59 Å². The molecular weight excluding hydrogens is 332 g/mol. The van der Waals surface area contributed by atoms with Crippen molar-refractivity contribution < 1.29 is 9.59 Å². The molecule has 2 heterocycles. The van der Waals surface area contributed by atoms with E-state index in [4.69, 9.17) is 0 Å². The molecule has 0 spiro atoms. The van der Waals surface area contributed by atoms with Gasteiger partial charge in [0.25, 0.3) is 5.91 Å². The second-order valence-electron chi connectivity index (χ2n) is 7.50. The summed E-state index contributed by atoms with van der Waals surface area (Å²) in [7, 11) is 2.06. The normalized spacial score (nSPS) is 19.0. The Hall–Kier alpha value is -1.96. The Balaban J connectivity index is 1.36. The molecule has 2 fully saturated rings. The molecule has 3 rings (SSSR count). The van der Waals surface area contributed by atoms with E-state index in [0.717, 1.165) is 38.5 Å². The Kier molecular flexibility index (Phi) is 6.60. The number of nitrogens with one attached hydrogen (secondary N) is 1. The quantitative estimate of drug-likeness (QED) is 0.774. The summed E-state index contributed by atoms with van der Waals surface area (Å²) in [6.45, 7) is 4.24. The van der Waals surface area contributed by atoms with Gasteiger partial charge in [-0.2, -0.15) is 0 Å². The van der Waals surface area contributed by atoms with Crippen molar-refractivity contribution in [1.29, 1.82) is 0 Å². The third kappa shape index (κ3) is 5.27. The van der Waals surface area contributed by atoms with Crippen LogP contribution in [0.25, 0.3) is 0 Å². The zero-order valence-electron chi connectivity index (χ0n) is 15.7. The molecule has 1 aromatic rings. The Morgan fingerprint density at radius 3 is 2.65 bits per heavy atom. The maximum absolute atomic E-state index is 12.4. The maximum atomic E-state index is 12.4. The van der Waals surface area contributed by atoms with Crippen LogP contribution in [0.1, 0.15) is 49.0 Å². The first-order valence-corrected chi connectivity index (χ1v) is 9.76. The van der Waals surface area contributed by atoms with Gasteiger partial charge in [-0.05, 0) is 19.4 Å². The van der Waals surface area contributed by atoms with E-state index in [0.29, 0.717) is 25.2 Å². The number of piperazine rings is 1. The summed E-state index contributed by atoms with van der Waals surface area (Å²) in [5.41, 5.74) is 0.377. The molecule has 2 aliphatic rings. The van der Waals surface area contributed by atoms with E-state index in [2.05, 4.69) is 27.6 Å². The molecule has 8 nitrogen and oxygen atoms in total. The van der Waals surface area contributed by atoms with Crippen LogP contribution in [0.3, 0.4) is 0 Å². The third-order valence-corrected chi connectivity index (χ3v) is 5.47. The van der Waals surface area contributed by atoms with Crippen molar-refractivity contribution in [3.8, 4) is 0 Å². The Morgan fingerprint density at radius 1 is 1.19 bits per heavy atom. The van der Waals surface area contributed by atoms with Gasteiger partial charge in [-0.25, -0.2) is 4.68 Å². The molecule has 0 unspecified atom stereocenters. The van der Waals surface area contributed by atoms with Crippen LogP contribution in [0.15, 0.2) is 6.20 Å². The summed E-state index contributed by atoms with van der Waals surface area (Å²) in [4.78, 5) is 28.4. The molecule has 1 saturated heterocycles. The minimum atomic E-state index is -0.0649. The van der Waals surface area contributed by atoms with Gasteiger partial charge in [0.15, 0.2) is 5.69 Å². The highest BCUT2D eigenvalue weighted by Crippen LogP contribution is 2.28. The number of carbonyl (C=O) groups excluding carboxylic acids is 2. The predicted molar refractivity (Wildman–Crippen MR) is 97.6 cm³/mol. The topological polar surface area (TPSA) is 83.4 Å². The minimum Gasteiger partial charge on any atom is -0.354 e. The molecule has 0 radical (unpaired) electrons. The van der Waals surface area contributed by atoms with Crippen LogP contribution in [0, 0.1) is 5.92 Å². The molecule has 1 saturated carbocycles. The van der Waals surface area contributed by atoms with Crippen molar-refractivity contribution >= 4 is 11.8 Å². The standard InChI is InChI=1S/C18H30N6O2/c1-22-10-12-23(13-11-22)18(26)16-14-24(21-20-16)9-8-19-17(25)7-6-15-4-2-3-5-15/h14-15H,2-13H2,1H3,(H,19,25). The van der Waals surface area contributed by atoms with Crippen molar-refractivity contribution in [1.82, 2.24) is 30.1 Å². The first-order valence-electron chi connectivity index (χ1n) is 9.76. The fourth-order valence-corrected chi connectivity index (χ4v) is 3.71. The Bertz CT molecular complexity index is 603. The fraction of sp³-hybridized carbons (Fsp3) is 0.778. The van der Waals surface area contributed by atoms with E-state index in [1.807, 2.05) is 4.90 Å². The number of hydrogen-bond donors (Lipinski definition) is 1. The van der Waals surface area contributed by atoms with E-state index in [1.165, 1.54) is 25.7 Å². The summed E-state index contributed by atoms with van der Waals surface area (Å²) < 4.78 is 1.63. The molecule has 1 aliphatic heterocycles. The summed E-state index contributed by atoms with van der Waals surface area (Å²) in [5.74, 6) is 0.773. The van der Waals surface area contributed by atoms with Gasteiger partial charge in [0, 0.05) is 39.1 Å². The van der Waals surface area contributed by atoms with E-state index < -0.39 is 0 Å². The number of nitrogens with zero attached hydrogens (tertiary/aromatic N) is 5. The monoisotopic (exact) mass is 362 g/mol. The predicted octanol–water partition coefficient (Wildman–Crippen LogP) is 0.752. The molecule has 0 atom stereocenters. The molecule has 0 bridgehead atoms. The van der Waals surface area contributed by atoms with E-state index >= 15 is 0 Å². The lowest BCUT2D eigenvalue weighted by Crippen LogP contribution is -2.47. The highest BCUT2D eigenvalue weighted by atomic mass is 16.2. The molecular formula is C18H30N6O2. The number of hydrogen-bond acceptors (Lipinski definition) is 5. The van der Waals surface area contributed by atoms with Gasteiger partial charge in [-0.15, -0.1) is 5.10 Å². The molecule has 0 aromatic carbocycles. The lowest BCUT2D eigenvalue weighted by atomic mass is 10.0. The van der Waals surface area contributed by atoms with Gasteiger partial charge in [0.1, 0.15) is 0 Å². The van der Waals surface area contributed by atoms with E-state index in [1.54, 1.807) is 10.9 Å². The molecule has 8 heteroatoms. The van der Waals surface area contributed by atoms with Crippen molar-refractivity contribution in [2.45, 2.75) is 45.1 Å². The van der Waals surface area contributed by atoms with Crippen LogP contribution < -0.4 is 5.32 Å². The summed E-state index contributed by atoms with van der Waals surface area (Å²) in [5, 5.41) is 10.9. The minimum absolute atomic E-state index is 0.0649. The number of amides is 2. The van der Waals surface area contributed by atoms with Crippen LogP contribution in [-0.2, 0) is 11.3 Å². The summed E-state index contributed by atoms with van der Waals surface area (Å²) >= 11 is 0. The molecule has 26 heavy (non-hydrogen) atoms. The van der Waals surface area contributed by atoms with Crippen molar-refractivity contribution in [2.75, 3.05) is 39.8 Å². The second kappa shape index (κ2) is 9.12. The average Bonchev–Trinajstić information content (AvgIpc) is 3.32. The largest absolute Gasteiger partial charge is 0.354 e. The van der Waals surface area contributed by atoms with E-state index in [9.17, 15) is 9.59 Å². The van der Waals surface area contributed by atoms with Gasteiger partial charge >= 0.3 is 0 Å². The van der Waals surface area contributed by atoms with Crippen LogP contribution in [-0.4, -0.2) is 76.4 Å². The molecule has 2 amide bonds. The Morgan fingerprint density at radius 2 is 1.92 bits per heavy atom. The number of carbonyl (C=O) groups is 2. The van der Waals surface area contributed by atoms with Crippen LogP contribution >= 0.6 is 0 Å². The summed E-state index contributed by atoms with van der Waals surface area (Å²) in [6.07, 6.45) is 8.45. The number of aromatic nitrogens is 3. The molecule has 1 aromatic heterocycles. The number of rotatable bonds is 7. The number of likely N-dealkylation sites (N-methyl/N-ethyl adjacent to an activating group) is 1. The molecule has 1 aliphatic carbocycles. The molecule has 1 N–H and O–H groups in total. The van der Waals surface area contributed by atoms with Crippen molar-refractivity contribution in [2.24, 2.45) is 5.92 Å². The van der Waals surface area contributed by atoms with Crippen molar-refractivity contribution in [3.63, 3.8) is 0 Å². The smallest absolute Gasteiger partial charge is 0.276 e. The van der Waals surface area contributed by atoms with Gasteiger partial charge in [-0.1, -0.05) is 30.9 Å². The molecule has 144 valence electrons. The fourth-order valence-electron chi connectivity index (χ4n) is 3.71. The Labute approximate surface area is 154 Å². The first-order chi connectivity index (χ1) is 12.6. The lowest BCUT2D eigenvalue weighted by Gasteiger charge is -2.31. The third-order valence-electron chi connectivity index (χ3n) is 5.47. The first kappa shape index (κ1) is 18.8. The highest BCUT2D eigenvalue weighted by Gasteiger charge is 2.22. The lowest BCUT2D eigenvalue weighted by molar-refractivity contribution is -0.121. The van der Waals surface area contributed by atoms with E-state index in [-0.39, 0.29) is 11.8 Å². The maximum Gasteiger partial charge on any atom is 0.276 e. The van der Waals surface area contributed by atoms with Crippen LogP contribution in [0.5, 0.6) is 0 Å². The zero-order valence-corrected chi connectivity index (χ0v) is 15.7. The summed E-state index contributed by atoms with van der Waals surface area (Å²) in [6, 6.07) is 0. The zero-order chi connectivity index (χ0) is 18.4. The van der Waals surface area contributed by atoms with Gasteiger partial charge in [0.05, 0.1) is 12.7 Å². The van der Waals surface area contributed by atoms with Gasteiger partial charge < -0.3 is 15.1 Å². The average molecular weight is 362 g/mol. The van der Waals surface area contributed by atoms with Crippen LogP contribution in [0.4, 0.5) is 0 Å². The second-order valence-corrected chi connectivity index (χ2v) is 7.50.